The molecule has 0 bridgehead atoms. The van der Waals surface area contributed by atoms with Gasteiger partial charge >= 0.3 is 0 Å². The predicted molar refractivity (Wildman–Crippen MR) is 96.7 cm³/mol. The van der Waals surface area contributed by atoms with Crippen molar-refractivity contribution in [1.29, 1.82) is 0 Å². The number of rotatable bonds is 5. The maximum Gasteiger partial charge on any atom is 0.230 e. The molecule has 0 unspecified atom stereocenters. The Morgan fingerprint density at radius 2 is 1.91 bits per heavy atom. The minimum absolute atomic E-state index is 0.0748. The molecule has 0 radical (unpaired) electrons. The summed E-state index contributed by atoms with van der Waals surface area (Å²) in [5, 5.41) is 5.07. The number of amides is 1. The number of hydrogen-bond acceptors (Lipinski definition) is 3. The molecule has 0 saturated carbocycles. The standard InChI is InChI=1S/C18H23NOS2/c1-13(16-6-5-11-21-16)19-17(20)12-22-15-9-7-14(8-10-15)18(2,3)4/h5-11,13H,12H2,1-4H3,(H,19,20)/t13-/m0/s1. The van der Waals surface area contributed by atoms with Crippen molar-refractivity contribution in [3.05, 3.63) is 52.2 Å². The minimum atomic E-state index is 0.0748. The van der Waals surface area contributed by atoms with Crippen LogP contribution in [0.4, 0.5) is 0 Å². The first-order chi connectivity index (χ1) is 10.4. The van der Waals surface area contributed by atoms with E-state index in [1.165, 1.54) is 10.4 Å². The highest BCUT2D eigenvalue weighted by molar-refractivity contribution is 8.00. The summed E-state index contributed by atoms with van der Waals surface area (Å²) in [6, 6.07) is 12.6. The minimum Gasteiger partial charge on any atom is -0.348 e. The number of carbonyl (C=O) groups excluding carboxylic acids is 1. The van der Waals surface area contributed by atoms with Crippen molar-refractivity contribution < 1.29 is 4.79 Å². The summed E-state index contributed by atoms with van der Waals surface area (Å²) < 4.78 is 0. The topological polar surface area (TPSA) is 29.1 Å². The van der Waals surface area contributed by atoms with E-state index in [4.69, 9.17) is 0 Å². The molecule has 0 aliphatic rings. The van der Waals surface area contributed by atoms with E-state index in [-0.39, 0.29) is 17.4 Å². The van der Waals surface area contributed by atoms with Crippen LogP contribution in [-0.2, 0) is 10.2 Å². The zero-order valence-corrected chi connectivity index (χ0v) is 15.2. The van der Waals surface area contributed by atoms with Gasteiger partial charge < -0.3 is 5.32 Å². The van der Waals surface area contributed by atoms with E-state index in [1.807, 2.05) is 24.4 Å². The summed E-state index contributed by atoms with van der Waals surface area (Å²) in [5.74, 6) is 0.524. The molecule has 1 aromatic heterocycles. The number of thioether (sulfide) groups is 1. The zero-order chi connectivity index (χ0) is 16.2. The normalized spacial score (nSPS) is 12.9. The Balaban J connectivity index is 1.83. The van der Waals surface area contributed by atoms with Crippen LogP contribution in [0.15, 0.2) is 46.7 Å². The van der Waals surface area contributed by atoms with E-state index in [2.05, 4.69) is 50.4 Å². The van der Waals surface area contributed by atoms with Gasteiger partial charge in [0.05, 0.1) is 11.8 Å². The Labute approximate surface area is 141 Å². The van der Waals surface area contributed by atoms with Crippen LogP contribution in [0.2, 0.25) is 0 Å². The fraction of sp³-hybridized carbons (Fsp3) is 0.389. The number of benzene rings is 1. The maximum absolute atomic E-state index is 12.0. The summed E-state index contributed by atoms with van der Waals surface area (Å²) in [6.45, 7) is 8.63. The maximum atomic E-state index is 12.0. The summed E-state index contributed by atoms with van der Waals surface area (Å²) in [4.78, 5) is 14.3. The third-order valence-corrected chi connectivity index (χ3v) is 5.50. The molecular formula is C18H23NOS2. The smallest absolute Gasteiger partial charge is 0.230 e. The first kappa shape index (κ1) is 17.1. The molecular weight excluding hydrogens is 310 g/mol. The molecule has 118 valence electrons. The molecule has 0 fully saturated rings. The molecule has 0 saturated heterocycles. The first-order valence-electron chi connectivity index (χ1n) is 7.42. The lowest BCUT2D eigenvalue weighted by atomic mass is 9.87. The van der Waals surface area contributed by atoms with Crippen molar-refractivity contribution >= 4 is 29.0 Å². The van der Waals surface area contributed by atoms with Crippen LogP contribution < -0.4 is 5.32 Å². The van der Waals surface area contributed by atoms with Gasteiger partial charge in [-0.05, 0) is 41.5 Å². The summed E-state index contributed by atoms with van der Waals surface area (Å²) in [6.07, 6.45) is 0. The van der Waals surface area contributed by atoms with Crippen LogP contribution in [0.5, 0.6) is 0 Å². The molecule has 4 heteroatoms. The summed E-state index contributed by atoms with van der Waals surface area (Å²) >= 11 is 3.25. The Hall–Kier alpha value is -1.26. The van der Waals surface area contributed by atoms with E-state index < -0.39 is 0 Å². The second kappa shape index (κ2) is 7.34. The van der Waals surface area contributed by atoms with Crippen LogP contribution in [0, 0.1) is 0 Å². The molecule has 0 aliphatic carbocycles. The molecule has 0 aliphatic heterocycles. The van der Waals surface area contributed by atoms with E-state index in [0.717, 1.165) is 4.90 Å². The lowest BCUT2D eigenvalue weighted by Crippen LogP contribution is -2.27. The highest BCUT2D eigenvalue weighted by Gasteiger charge is 2.14. The molecule has 1 atom stereocenters. The van der Waals surface area contributed by atoms with Gasteiger partial charge in [0, 0.05) is 9.77 Å². The molecule has 1 aromatic carbocycles. The molecule has 1 N–H and O–H groups in total. The molecule has 0 spiro atoms. The third kappa shape index (κ3) is 4.89. The van der Waals surface area contributed by atoms with Gasteiger partial charge in [-0.15, -0.1) is 23.1 Å². The SMILES string of the molecule is C[C@H](NC(=O)CSc1ccc(C(C)(C)C)cc1)c1cccs1. The van der Waals surface area contributed by atoms with E-state index in [0.29, 0.717) is 5.75 Å². The van der Waals surface area contributed by atoms with Crippen LogP contribution in [0.1, 0.15) is 44.2 Å². The van der Waals surface area contributed by atoms with Gasteiger partial charge in [0.15, 0.2) is 0 Å². The highest BCUT2D eigenvalue weighted by atomic mass is 32.2. The van der Waals surface area contributed by atoms with Gasteiger partial charge in [0.2, 0.25) is 5.91 Å². The summed E-state index contributed by atoms with van der Waals surface area (Å²) in [7, 11) is 0. The van der Waals surface area contributed by atoms with Crippen molar-refractivity contribution in [2.24, 2.45) is 0 Å². The Morgan fingerprint density at radius 1 is 1.23 bits per heavy atom. The van der Waals surface area contributed by atoms with Gasteiger partial charge in [-0.1, -0.05) is 39.0 Å². The monoisotopic (exact) mass is 333 g/mol. The predicted octanol–water partition coefficient (Wildman–Crippen LogP) is 5.02. The quantitative estimate of drug-likeness (QED) is 0.779. The Bertz CT molecular complexity index is 597. The number of carbonyl (C=O) groups is 1. The van der Waals surface area contributed by atoms with Gasteiger partial charge in [0.1, 0.15) is 0 Å². The Kier molecular flexibility index (Phi) is 5.70. The highest BCUT2D eigenvalue weighted by Crippen LogP contribution is 2.25. The fourth-order valence-electron chi connectivity index (χ4n) is 2.09. The zero-order valence-electron chi connectivity index (χ0n) is 13.6. The lowest BCUT2D eigenvalue weighted by molar-refractivity contribution is -0.119. The van der Waals surface area contributed by atoms with Crippen LogP contribution in [-0.4, -0.2) is 11.7 Å². The second-order valence-corrected chi connectivity index (χ2v) is 8.40. The number of hydrogen-bond donors (Lipinski definition) is 1. The van der Waals surface area contributed by atoms with Crippen LogP contribution >= 0.6 is 23.1 Å². The second-order valence-electron chi connectivity index (χ2n) is 6.37. The summed E-state index contributed by atoms with van der Waals surface area (Å²) in [5.41, 5.74) is 1.48. The van der Waals surface area contributed by atoms with Crippen molar-refractivity contribution in [1.82, 2.24) is 5.32 Å². The molecule has 2 nitrogen and oxygen atoms in total. The van der Waals surface area contributed by atoms with E-state index >= 15 is 0 Å². The largest absolute Gasteiger partial charge is 0.348 e. The fourth-order valence-corrected chi connectivity index (χ4v) is 3.54. The van der Waals surface area contributed by atoms with Crippen molar-refractivity contribution in [3.63, 3.8) is 0 Å². The van der Waals surface area contributed by atoms with Gasteiger partial charge in [-0.3, -0.25) is 4.79 Å². The molecule has 1 amide bonds. The molecule has 2 rings (SSSR count). The van der Waals surface area contributed by atoms with Crippen molar-refractivity contribution in [2.75, 3.05) is 5.75 Å². The molecule has 2 aromatic rings. The van der Waals surface area contributed by atoms with Gasteiger partial charge in [0.25, 0.3) is 0 Å². The van der Waals surface area contributed by atoms with Crippen LogP contribution in [0.25, 0.3) is 0 Å². The average Bonchev–Trinajstić information content (AvgIpc) is 2.99. The van der Waals surface area contributed by atoms with Gasteiger partial charge in [-0.2, -0.15) is 0 Å². The van der Waals surface area contributed by atoms with E-state index in [1.54, 1.807) is 23.1 Å². The molecule has 22 heavy (non-hydrogen) atoms. The number of nitrogens with one attached hydrogen (secondary N) is 1. The van der Waals surface area contributed by atoms with E-state index in [9.17, 15) is 4.79 Å². The number of thiophene rings is 1. The van der Waals surface area contributed by atoms with Crippen molar-refractivity contribution in [3.8, 4) is 0 Å². The lowest BCUT2D eigenvalue weighted by Gasteiger charge is -2.19. The van der Waals surface area contributed by atoms with Crippen LogP contribution in [0.3, 0.4) is 0 Å². The van der Waals surface area contributed by atoms with Gasteiger partial charge in [-0.25, -0.2) is 0 Å². The Morgan fingerprint density at radius 3 is 2.45 bits per heavy atom. The average molecular weight is 334 g/mol. The van der Waals surface area contributed by atoms with Crippen molar-refractivity contribution in [2.45, 2.75) is 44.0 Å². The third-order valence-electron chi connectivity index (χ3n) is 3.44. The first-order valence-corrected chi connectivity index (χ1v) is 9.29. The molecule has 1 heterocycles.